The number of aromatic nitrogens is 1. The minimum atomic E-state index is -0.720. The molecular formula is C10H12FN2O+. The van der Waals surface area contributed by atoms with E-state index in [4.69, 9.17) is 10.1 Å². The van der Waals surface area contributed by atoms with Gasteiger partial charge in [-0.15, -0.1) is 0 Å². The van der Waals surface area contributed by atoms with Crippen LogP contribution in [0.3, 0.4) is 0 Å². The molecule has 0 atom stereocenters. The van der Waals surface area contributed by atoms with E-state index in [1.165, 1.54) is 24.1 Å². The molecule has 0 radical (unpaired) electrons. The van der Waals surface area contributed by atoms with Crippen LogP contribution in [0.2, 0.25) is 0 Å². The normalized spacial score (nSPS) is 10.8. The first-order valence-corrected chi connectivity index (χ1v) is 4.17. The fourth-order valence-electron chi connectivity index (χ4n) is 1.03. The van der Waals surface area contributed by atoms with Crippen molar-refractivity contribution in [1.29, 1.82) is 5.26 Å². The maximum Gasteiger partial charge on any atom is 0.257 e. The van der Waals surface area contributed by atoms with E-state index in [1.54, 1.807) is 20.0 Å². The Hall–Kier alpha value is -1.63. The number of hydrogen-bond donors (Lipinski definition) is 0. The molecule has 0 saturated heterocycles. The highest BCUT2D eigenvalue weighted by atomic mass is 19.1. The number of nitrogens with zero attached hydrogens (tertiary/aromatic N) is 2. The number of pyridine rings is 1. The summed E-state index contributed by atoms with van der Waals surface area (Å²) < 4.78 is 14.3. The average Bonchev–Trinajstić information content (AvgIpc) is 2.16. The molecule has 4 heteroatoms. The van der Waals surface area contributed by atoms with Gasteiger partial charge in [0.25, 0.3) is 6.20 Å². The van der Waals surface area contributed by atoms with E-state index >= 15 is 0 Å². The first-order chi connectivity index (χ1) is 6.49. The van der Waals surface area contributed by atoms with E-state index in [-0.39, 0.29) is 0 Å². The van der Waals surface area contributed by atoms with Gasteiger partial charge in [-0.05, 0) is 19.9 Å². The first-order valence-electron chi connectivity index (χ1n) is 4.17. The molecule has 1 heterocycles. The molecule has 0 spiro atoms. The lowest BCUT2D eigenvalue weighted by atomic mass is 9.88. The summed E-state index contributed by atoms with van der Waals surface area (Å²) in [5.41, 5.74) is -0.135. The zero-order valence-electron chi connectivity index (χ0n) is 8.41. The highest BCUT2D eigenvalue weighted by Crippen LogP contribution is 2.20. The van der Waals surface area contributed by atoms with E-state index in [9.17, 15) is 4.39 Å². The molecule has 1 aromatic heterocycles. The van der Waals surface area contributed by atoms with Gasteiger partial charge >= 0.3 is 0 Å². The molecule has 0 amide bonds. The lowest BCUT2D eigenvalue weighted by Gasteiger charge is -2.12. The third-order valence-corrected chi connectivity index (χ3v) is 2.02. The van der Waals surface area contributed by atoms with Gasteiger partial charge in [0.2, 0.25) is 6.20 Å². The molecule has 14 heavy (non-hydrogen) atoms. The molecule has 1 aromatic rings. The second-order valence-electron chi connectivity index (χ2n) is 3.52. The van der Waals surface area contributed by atoms with Crippen LogP contribution >= 0.6 is 0 Å². The Labute approximate surface area is 82.3 Å². The summed E-state index contributed by atoms with van der Waals surface area (Å²) in [5.74, 6) is -0.423. The van der Waals surface area contributed by atoms with Crippen LogP contribution in [0.1, 0.15) is 19.4 Å². The van der Waals surface area contributed by atoms with Gasteiger partial charge < -0.3 is 0 Å². The van der Waals surface area contributed by atoms with Gasteiger partial charge in [0.1, 0.15) is 7.11 Å². The standard InChI is InChI=1S/C10H12FN2O/c1-10(2,7-12)8-4-9(11)6-13(5-8)14-3/h4-6H,1-3H3/q+1. The first kappa shape index (κ1) is 10.5. The number of halogens is 1. The number of rotatable bonds is 2. The van der Waals surface area contributed by atoms with Crippen molar-refractivity contribution in [3.05, 3.63) is 29.8 Å². The molecule has 0 saturated carbocycles. The maximum atomic E-state index is 13.1. The average molecular weight is 195 g/mol. The number of nitriles is 1. The molecule has 0 bridgehead atoms. The van der Waals surface area contributed by atoms with Gasteiger partial charge in [0.05, 0.1) is 11.5 Å². The van der Waals surface area contributed by atoms with Crippen molar-refractivity contribution in [1.82, 2.24) is 0 Å². The summed E-state index contributed by atoms with van der Waals surface area (Å²) in [7, 11) is 1.43. The van der Waals surface area contributed by atoms with E-state index in [0.29, 0.717) is 5.56 Å². The Morgan fingerprint density at radius 2 is 2.14 bits per heavy atom. The third kappa shape index (κ3) is 1.99. The smallest absolute Gasteiger partial charge is 0.257 e. The van der Waals surface area contributed by atoms with Gasteiger partial charge in [0, 0.05) is 10.3 Å². The lowest BCUT2D eigenvalue weighted by Crippen LogP contribution is -2.41. The molecule has 0 unspecified atom stereocenters. The van der Waals surface area contributed by atoms with Crippen LogP contribution in [-0.2, 0) is 5.41 Å². The molecular weight excluding hydrogens is 183 g/mol. The molecule has 0 fully saturated rings. The van der Waals surface area contributed by atoms with Gasteiger partial charge in [-0.25, -0.2) is 4.39 Å². The van der Waals surface area contributed by atoms with Crippen LogP contribution < -0.4 is 9.57 Å². The Balaban J connectivity index is 3.24. The molecule has 0 aromatic carbocycles. The monoisotopic (exact) mass is 195 g/mol. The summed E-state index contributed by atoms with van der Waals surface area (Å²) in [4.78, 5) is 4.84. The van der Waals surface area contributed by atoms with Crippen molar-refractivity contribution in [2.75, 3.05) is 7.11 Å². The summed E-state index contributed by atoms with van der Waals surface area (Å²) in [5, 5.41) is 8.88. The lowest BCUT2D eigenvalue weighted by molar-refractivity contribution is -0.886. The molecule has 74 valence electrons. The van der Waals surface area contributed by atoms with Gasteiger partial charge in [-0.1, -0.05) is 0 Å². The van der Waals surface area contributed by atoms with E-state index in [1.807, 2.05) is 0 Å². The van der Waals surface area contributed by atoms with E-state index < -0.39 is 11.2 Å². The Bertz CT molecular complexity index is 382. The van der Waals surface area contributed by atoms with Gasteiger partial charge in [-0.3, -0.25) is 4.84 Å². The SMILES string of the molecule is CO[n+]1cc(F)cc(C(C)(C)C#N)c1. The zero-order chi connectivity index (χ0) is 10.8. The quantitative estimate of drug-likeness (QED) is 0.659. The second-order valence-corrected chi connectivity index (χ2v) is 3.52. The fourth-order valence-corrected chi connectivity index (χ4v) is 1.03. The predicted octanol–water partition coefficient (Wildman–Crippen LogP) is 0.973. The van der Waals surface area contributed by atoms with Crippen molar-refractivity contribution >= 4 is 0 Å². The second kappa shape index (κ2) is 3.62. The van der Waals surface area contributed by atoms with Crippen LogP contribution in [0, 0.1) is 17.1 Å². The highest BCUT2D eigenvalue weighted by molar-refractivity contribution is 5.25. The maximum absolute atomic E-state index is 13.1. The topological polar surface area (TPSA) is 36.9 Å². The summed E-state index contributed by atoms with van der Waals surface area (Å²) in [6.45, 7) is 3.45. The predicted molar refractivity (Wildman–Crippen MR) is 47.7 cm³/mol. The Morgan fingerprint density at radius 3 is 2.64 bits per heavy atom. The van der Waals surface area contributed by atoms with Crippen LogP contribution in [0.5, 0.6) is 0 Å². The number of hydrogen-bond acceptors (Lipinski definition) is 2. The Kier molecular flexibility index (Phi) is 2.70. The Morgan fingerprint density at radius 1 is 1.50 bits per heavy atom. The van der Waals surface area contributed by atoms with Crippen molar-refractivity contribution in [2.45, 2.75) is 19.3 Å². The van der Waals surface area contributed by atoms with Crippen molar-refractivity contribution in [2.24, 2.45) is 0 Å². The molecule has 0 aliphatic heterocycles. The minimum absolute atomic E-state index is 0.423. The molecule has 0 aliphatic rings. The van der Waals surface area contributed by atoms with Crippen LogP contribution in [-0.4, -0.2) is 7.11 Å². The van der Waals surface area contributed by atoms with Crippen molar-refractivity contribution in [3.63, 3.8) is 0 Å². The summed E-state index contributed by atoms with van der Waals surface area (Å²) in [6.07, 6.45) is 2.79. The zero-order valence-corrected chi connectivity index (χ0v) is 8.41. The molecule has 3 nitrogen and oxygen atoms in total. The van der Waals surface area contributed by atoms with Gasteiger partial charge in [0.15, 0.2) is 5.82 Å². The molecule has 0 N–H and O–H groups in total. The third-order valence-electron chi connectivity index (χ3n) is 2.02. The molecule has 0 aliphatic carbocycles. The largest absolute Gasteiger partial charge is 0.275 e. The van der Waals surface area contributed by atoms with Crippen LogP contribution in [0.25, 0.3) is 0 Å². The highest BCUT2D eigenvalue weighted by Gasteiger charge is 2.24. The summed E-state index contributed by atoms with van der Waals surface area (Å²) >= 11 is 0. The van der Waals surface area contributed by atoms with Crippen LogP contribution in [0.4, 0.5) is 4.39 Å². The fraction of sp³-hybridized carbons (Fsp3) is 0.400. The van der Waals surface area contributed by atoms with Crippen molar-refractivity contribution in [3.8, 4) is 6.07 Å². The van der Waals surface area contributed by atoms with E-state index in [0.717, 1.165) is 0 Å². The van der Waals surface area contributed by atoms with E-state index in [2.05, 4.69) is 6.07 Å². The minimum Gasteiger partial charge on any atom is -0.275 e. The molecule has 1 rings (SSSR count). The van der Waals surface area contributed by atoms with Crippen molar-refractivity contribution < 1.29 is 14.0 Å². The van der Waals surface area contributed by atoms with Crippen LogP contribution in [0.15, 0.2) is 18.5 Å². The van der Waals surface area contributed by atoms with Gasteiger partial charge in [-0.2, -0.15) is 5.26 Å². The summed E-state index contributed by atoms with van der Waals surface area (Å²) in [6, 6.07) is 3.43.